The highest BCUT2D eigenvalue weighted by Crippen LogP contribution is 2.16. The first-order chi connectivity index (χ1) is 6.25. The monoisotopic (exact) mass is 187 g/mol. The van der Waals surface area contributed by atoms with Crippen LogP contribution in [0.5, 0.6) is 0 Å². The average molecular weight is 187 g/mol. The molecule has 0 aromatic carbocycles. The third-order valence-corrected chi connectivity index (χ3v) is 1.58. The lowest BCUT2D eigenvalue weighted by Crippen LogP contribution is -2.27. The molecule has 0 radical (unpaired) electrons. The standard InChI is InChI=1S/C8H11F2N3/c1-2-12-7(8(9)10)6-5-11-3-4-13-6/h3-5,7-8,12H,2H2,1H3. The normalized spacial score (nSPS) is 13.2. The summed E-state index contributed by atoms with van der Waals surface area (Å²) in [6.07, 6.45) is 1.75. The highest BCUT2D eigenvalue weighted by Gasteiger charge is 2.22. The molecule has 1 atom stereocenters. The van der Waals surface area contributed by atoms with E-state index >= 15 is 0 Å². The van der Waals surface area contributed by atoms with Crippen molar-refractivity contribution in [2.45, 2.75) is 19.4 Å². The molecule has 3 nitrogen and oxygen atoms in total. The number of halogens is 2. The van der Waals surface area contributed by atoms with Gasteiger partial charge in [-0.1, -0.05) is 6.92 Å². The first-order valence-electron chi connectivity index (χ1n) is 4.03. The number of alkyl halides is 2. The van der Waals surface area contributed by atoms with Crippen LogP contribution in [-0.4, -0.2) is 22.9 Å². The van der Waals surface area contributed by atoms with Crippen LogP contribution in [0.1, 0.15) is 18.7 Å². The summed E-state index contributed by atoms with van der Waals surface area (Å²) in [5, 5.41) is 2.65. The van der Waals surface area contributed by atoms with E-state index in [1.54, 1.807) is 6.92 Å². The lowest BCUT2D eigenvalue weighted by Gasteiger charge is -2.15. The fraction of sp³-hybridized carbons (Fsp3) is 0.500. The Morgan fingerprint density at radius 3 is 2.69 bits per heavy atom. The molecule has 1 aromatic heterocycles. The Bertz CT molecular complexity index is 240. The van der Waals surface area contributed by atoms with Gasteiger partial charge in [0.2, 0.25) is 0 Å². The van der Waals surface area contributed by atoms with Crippen molar-refractivity contribution >= 4 is 0 Å². The fourth-order valence-corrected chi connectivity index (χ4v) is 1.01. The molecule has 0 aliphatic rings. The van der Waals surface area contributed by atoms with E-state index in [1.807, 2.05) is 0 Å². The van der Waals surface area contributed by atoms with Gasteiger partial charge in [0.05, 0.1) is 11.9 Å². The van der Waals surface area contributed by atoms with Crippen molar-refractivity contribution in [2.75, 3.05) is 6.54 Å². The van der Waals surface area contributed by atoms with Gasteiger partial charge in [-0.2, -0.15) is 0 Å². The molecule has 5 heteroatoms. The zero-order chi connectivity index (χ0) is 9.68. The zero-order valence-electron chi connectivity index (χ0n) is 7.24. The molecule has 72 valence electrons. The largest absolute Gasteiger partial charge is 0.304 e. The van der Waals surface area contributed by atoms with E-state index < -0.39 is 12.5 Å². The van der Waals surface area contributed by atoms with Crippen molar-refractivity contribution in [3.05, 3.63) is 24.3 Å². The van der Waals surface area contributed by atoms with E-state index in [0.717, 1.165) is 0 Å². The lowest BCUT2D eigenvalue weighted by atomic mass is 10.2. The second-order valence-corrected chi connectivity index (χ2v) is 2.50. The van der Waals surface area contributed by atoms with Gasteiger partial charge in [-0.05, 0) is 6.54 Å². The summed E-state index contributed by atoms with van der Waals surface area (Å²) < 4.78 is 24.9. The summed E-state index contributed by atoms with van der Waals surface area (Å²) in [5.41, 5.74) is 0.277. The molecule has 1 rings (SSSR count). The number of nitrogens with one attached hydrogen (secondary N) is 1. The molecule has 1 heterocycles. The first-order valence-corrected chi connectivity index (χ1v) is 4.03. The number of rotatable bonds is 4. The van der Waals surface area contributed by atoms with E-state index in [9.17, 15) is 8.78 Å². The minimum Gasteiger partial charge on any atom is -0.304 e. The molecule has 0 fully saturated rings. The zero-order valence-corrected chi connectivity index (χ0v) is 7.24. The third-order valence-electron chi connectivity index (χ3n) is 1.58. The van der Waals surface area contributed by atoms with E-state index in [-0.39, 0.29) is 5.69 Å². The molecule has 0 spiro atoms. The first kappa shape index (κ1) is 9.98. The van der Waals surface area contributed by atoms with Crippen LogP contribution in [0.15, 0.2) is 18.6 Å². The van der Waals surface area contributed by atoms with Gasteiger partial charge in [-0.15, -0.1) is 0 Å². The van der Waals surface area contributed by atoms with Crippen LogP contribution < -0.4 is 5.32 Å². The highest BCUT2D eigenvalue weighted by atomic mass is 19.3. The fourth-order valence-electron chi connectivity index (χ4n) is 1.01. The van der Waals surface area contributed by atoms with Crippen LogP contribution >= 0.6 is 0 Å². The van der Waals surface area contributed by atoms with Crippen molar-refractivity contribution in [1.29, 1.82) is 0 Å². The van der Waals surface area contributed by atoms with E-state index in [1.165, 1.54) is 18.6 Å². The Kier molecular flexibility index (Phi) is 3.70. The Morgan fingerprint density at radius 1 is 1.46 bits per heavy atom. The molecule has 0 amide bonds. The van der Waals surface area contributed by atoms with Gasteiger partial charge in [0.1, 0.15) is 6.04 Å². The van der Waals surface area contributed by atoms with Crippen LogP contribution in [0.3, 0.4) is 0 Å². The number of nitrogens with zero attached hydrogens (tertiary/aromatic N) is 2. The lowest BCUT2D eigenvalue weighted by molar-refractivity contribution is 0.0972. The summed E-state index contributed by atoms with van der Waals surface area (Å²) in [6.45, 7) is 2.25. The SMILES string of the molecule is CCNC(c1cnccn1)C(F)F. The van der Waals surface area contributed by atoms with Gasteiger partial charge < -0.3 is 5.32 Å². The van der Waals surface area contributed by atoms with E-state index in [4.69, 9.17) is 0 Å². The second-order valence-electron chi connectivity index (χ2n) is 2.50. The van der Waals surface area contributed by atoms with Gasteiger partial charge in [0.25, 0.3) is 6.43 Å². The summed E-state index contributed by atoms with van der Waals surface area (Å²) in [7, 11) is 0. The minimum absolute atomic E-state index is 0.277. The molecule has 1 unspecified atom stereocenters. The smallest absolute Gasteiger partial charge is 0.259 e. The van der Waals surface area contributed by atoms with Crippen LogP contribution in [0.25, 0.3) is 0 Å². The number of hydrogen-bond acceptors (Lipinski definition) is 3. The molecule has 0 saturated heterocycles. The molecular weight excluding hydrogens is 176 g/mol. The summed E-state index contributed by atoms with van der Waals surface area (Å²) >= 11 is 0. The van der Waals surface area contributed by atoms with Crippen molar-refractivity contribution in [1.82, 2.24) is 15.3 Å². The molecule has 0 bridgehead atoms. The Morgan fingerprint density at radius 2 is 2.23 bits per heavy atom. The molecule has 0 aliphatic carbocycles. The Labute approximate surface area is 75.2 Å². The quantitative estimate of drug-likeness (QED) is 0.774. The van der Waals surface area contributed by atoms with Crippen molar-refractivity contribution < 1.29 is 8.78 Å². The molecule has 1 aromatic rings. The molecule has 1 N–H and O–H groups in total. The summed E-state index contributed by atoms with van der Waals surface area (Å²) in [4.78, 5) is 7.55. The third kappa shape index (κ3) is 2.69. The van der Waals surface area contributed by atoms with Gasteiger partial charge in [-0.3, -0.25) is 9.97 Å². The van der Waals surface area contributed by atoms with Crippen LogP contribution in [0, 0.1) is 0 Å². The average Bonchev–Trinajstić information content (AvgIpc) is 2.15. The minimum atomic E-state index is -2.46. The molecule has 13 heavy (non-hydrogen) atoms. The van der Waals surface area contributed by atoms with E-state index in [0.29, 0.717) is 6.54 Å². The Balaban J connectivity index is 2.76. The van der Waals surface area contributed by atoms with Gasteiger partial charge in [0, 0.05) is 12.4 Å². The van der Waals surface area contributed by atoms with E-state index in [2.05, 4.69) is 15.3 Å². The molecular formula is C8H11F2N3. The van der Waals surface area contributed by atoms with Crippen molar-refractivity contribution in [3.63, 3.8) is 0 Å². The van der Waals surface area contributed by atoms with Gasteiger partial charge in [-0.25, -0.2) is 8.78 Å². The van der Waals surface area contributed by atoms with Crippen molar-refractivity contribution in [3.8, 4) is 0 Å². The predicted octanol–water partition coefficient (Wildman–Crippen LogP) is 1.39. The highest BCUT2D eigenvalue weighted by molar-refractivity contribution is 5.03. The van der Waals surface area contributed by atoms with Crippen LogP contribution in [0.2, 0.25) is 0 Å². The Hall–Kier alpha value is -1.10. The molecule has 0 saturated carbocycles. The van der Waals surface area contributed by atoms with Gasteiger partial charge in [0.15, 0.2) is 0 Å². The molecule has 0 aliphatic heterocycles. The maximum Gasteiger partial charge on any atom is 0.259 e. The van der Waals surface area contributed by atoms with Crippen LogP contribution in [-0.2, 0) is 0 Å². The van der Waals surface area contributed by atoms with Gasteiger partial charge >= 0.3 is 0 Å². The second kappa shape index (κ2) is 4.81. The topological polar surface area (TPSA) is 37.8 Å². The number of aromatic nitrogens is 2. The van der Waals surface area contributed by atoms with Crippen molar-refractivity contribution in [2.24, 2.45) is 0 Å². The predicted molar refractivity (Wildman–Crippen MR) is 44.5 cm³/mol. The van der Waals surface area contributed by atoms with Crippen LogP contribution in [0.4, 0.5) is 8.78 Å². The maximum absolute atomic E-state index is 12.4. The maximum atomic E-state index is 12.4. The summed E-state index contributed by atoms with van der Waals surface area (Å²) in [5.74, 6) is 0. The number of hydrogen-bond donors (Lipinski definition) is 1. The summed E-state index contributed by atoms with van der Waals surface area (Å²) in [6, 6.07) is -1.02.